The van der Waals surface area contributed by atoms with Crippen LogP contribution in [0.3, 0.4) is 0 Å². The lowest BCUT2D eigenvalue weighted by molar-refractivity contribution is -0.141. The number of methoxy groups -OCH3 is 1. The van der Waals surface area contributed by atoms with Gasteiger partial charge in [0.25, 0.3) is 0 Å². The smallest absolute Gasteiger partial charge is 0.315 e. The number of carbonyl (C=O) groups is 2. The second-order valence-corrected chi connectivity index (χ2v) is 6.00. The molecule has 1 saturated carbocycles. The molecule has 0 aromatic carbocycles. The Kier molecular flexibility index (Phi) is 7.50. The van der Waals surface area contributed by atoms with Gasteiger partial charge in [0.05, 0.1) is 18.1 Å². The molecule has 1 rings (SSSR count). The molecule has 2 amide bonds. The molecule has 0 radical (unpaired) electrons. The van der Waals surface area contributed by atoms with E-state index < -0.39 is 5.97 Å². The third-order valence-electron chi connectivity index (χ3n) is 4.15. The average Bonchev–Trinajstić information content (AvgIpc) is 2.85. The van der Waals surface area contributed by atoms with E-state index in [-0.39, 0.29) is 30.1 Å². The summed E-state index contributed by atoms with van der Waals surface area (Å²) in [6.45, 7) is 3.64. The zero-order chi connectivity index (χ0) is 15.8. The number of nitrogens with one attached hydrogen (secondary N) is 2. The molecular formula is C15H28N2O4. The Balaban J connectivity index is 2.20. The summed E-state index contributed by atoms with van der Waals surface area (Å²) in [5.41, 5.74) is 0. The maximum absolute atomic E-state index is 11.9. The number of aliphatic carboxylic acids is 1. The molecule has 1 aliphatic rings. The van der Waals surface area contributed by atoms with Crippen LogP contribution in [0.2, 0.25) is 0 Å². The molecule has 0 heterocycles. The third-order valence-corrected chi connectivity index (χ3v) is 4.15. The van der Waals surface area contributed by atoms with Crippen molar-refractivity contribution in [2.75, 3.05) is 7.11 Å². The average molecular weight is 300 g/mol. The fraction of sp³-hybridized carbons (Fsp3) is 0.867. The van der Waals surface area contributed by atoms with Gasteiger partial charge in [-0.05, 0) is 39.0 Å². The van der Waals surface area contributed by atoms with E-state index in [0.717, 1.165) is 32.1 Å². The largest absolute Gasteiger partial charge is 0.481 e. The molecule has 21 heavy (non-hydrogen) atoms. The van der Waals surface area contributed by atoms with Crippen molar-refractivity contribution in [2.45, 2.75) is 70.6 Å². The number of carbonyl (C=O) groups excluding carboxylic acids is 1. The van der Waals surface area contributed by atoms with E-state index in [1.807, 2.05) is 6.92 Å². The summed E-state index contributed by atoms with van der Waals surface area (Å²) in [6.07, 6.45) is 5.34. The van der Waals surface area contributed by atoms with Gasteiger partial charge in [-0.15, -0.1) is 0 Å². The van der Waals surface area contributed by atoms with Crippen molar-refractivity contribution in [2.24, 2.45) is 5.92 Å². The van der Waals surface area contributed by atoms with Gasteiger partial charge < -0.3 is 20.5 Å². The highest BCUT2D eigenvalue weighted by Crippen LogP contribution is 2.21. The van der Waals surface area contributed by atoms with Crippen LogP contribution in [-0.2, 0) is 9.53 Å². The van der Waals surface area contributed by atoms with Gasteiger partial charge in [0.1, 0.15) is 0 Å². The van der Waals surface area contributed by atoms with Gasteiger partial charge >= 0.3 is 12.0 Å². The fourth-order valence-electron chi connectivity index (χ4n) is 2.73. The van der Waals surface area contributed by atoms with E-state index in [0.29, 0.717) is 6.42 Å². The Morgan fingerprint density at radius 1 is 1.29 bits per heavy atom. The van der Waals surface area contributed by atoms with Crippen molar-refractivity contribution in [3.05, 3.63) is 0 Å². The van der Waals surface area contributed by atoms with Crippen LogP contribution in [0.1, 0.15) is 52.4 Å². The first kappa shape index (κ1) is 17.8. The number of ether oxygens (including phenoxy) is 1. The minimum atomic E-state index is -0.764. The van der Waals surface area contributed by atoms with E-state index in [1.165, 1.54) is 0 Å². The zero-order valence-corrected chi connectivity index (χ0v) is 13.2. The molecule has 0 aromatic heterocycles. The maximum atomic E-state index is 11.9. The van der Waals surface area contributed by atoms with Crippen molar-refractivity contribution >= 4 is 12.0 Å². The molecule has 0 aliphatic heterocycles. The Morgan fingerprint density at radius 3 is 2.62 bits per heavy atom. The maximum Gasteiger partial charge on any atom is 0.315 e. The standard InChI is InChI=1S/C15H28N2O4/c1-10(14(18)19)6-4-7-11(2)16-15(20)17-12-8-5-9-13(12)21-3/h10-13H,4-9H2,1-3H3,(H,18,19)(H2,16,17,20). The molecule has 6 nitrogen and oxygen atoms in total. The number of rotatable bonds is 8. The van der Waals surface area contributed by atoms with Crippen LogP contribution in [0, 0.1) is 5.92 Å². The molecule has 1 aliphatic carbocycles. The summed E-state index contributed by atoms with van der Waals surface area (Å²) < 4.78 is 5.35. The van der Waals surface area contributed by atoms with Crippen molar-refractivity contribution in [3.8, 4) is 0 Å². The highest BCUT2D eigenvalue weighted by molar-refractivity contribution is 5.74. The van der Waals surface area contributed by atoms with Crippen LogP contribution in [-0.4, -0.2) is 42.4 Å². The van der Waals surface area contributed by atoms with E-state index in [1.54, 1.807) is 14.0 Å². The lowest BCUT2D eigenvalue weighted by atomic mass is 10.0. The minimum absolute atomic E-state index is 0.0355. The van der Waals surface area contributed by atoms with E-state index in [9.17, 15) is 9.59 Å². The van der Waals surface area contributed by atoms with E-state index >= 15 is 0 Å². The predicted octanol–water partition coefficient (Wildman–Crippen LogP) is 2.13. The number of amides is 2. The van der Waals surface area contributed by atoms with E-state index in [2.05, 4.69) is 10.6 Å². The van der Waals surface area contributed by atoms with Crippen molar-refractivity contribution < 1.29 is 19.4 Å². The molecule has 4 unspecified atom stereocenters. The lowest BCUT2D eigenvalue weighted by Gasteiger charge is -2.22. The van der Waals surface area contributed by atoms with Gasteiger partial charge in [-0.2, -0.15) is 0 Å². The summed E-state index contributed by atoms with van der Waals surface area (Å²) in [5.74, 6) is -1.09. The van der Waals surface area contributed by atoms with Gasteiger partial charge in [0.2, 0.25) is 0 Å². The molecule has 0 aromatic rings. The molecule has 0 saturated heterocycles. The minimum Gasteiger partial charge on any atom is -0.481 e. The summed E-state index contributed by atoms with van der Waals surface area (Å²) >= 11 is 0. The highest BCUT2D eigenvalue weighted by Gasteiger charge is 2.28. The van der Waals surface area contributed by atoms with Gasteiger partial charge in [-0.3, -0.25) is 4.79 Å². The Labute approximate surface area is 126 Å². The van der Waals surface area contributed by atoms with Crippen molar-refractivity contribution in [3.63, 3.8) is 0 Å². The molecule has 3 N–H and O–H groups in total. The predicted molar refractivity (Wildman–Crippen MR) is 80.2 cm³/mol. The first-order valence-electron chi connectivity index (χ1n) is 7.76. The second kappa shape index (κ2) is 8.87. The number of hydrogen-bond donors (Lipinski definition) is 3. The summed E-state index contributed by atoms with van der Waals surface area (Å²) in [7, 11) is 1.68. The molecule has 1 fully saturated rings. The Hall–Kier alpha value is -1.30. The molecule has 122 valence electrons. The van der Waals surface area contributed by atoms with Crippen molar-refractivity contribution in [1.82, 2.24) is 10.6 Å². The number of carboxylic acids is 1. The SMILES string of the molecule is COC1CCCC1NC(=O)NC(C)CCCC(C)C(=O)O. The zero-order valence-electron chi connectivity index (χ0n) is 13.2. The summed E-state index contributed by atoms with van der Waals surface area (Å²) in [5, 5.41) is 14.7. The molecule has 0 bridgehead atoms. The van der Waals surface area contributed by atoms with Crippen LogP contribution >= 0.6 is 0 Å². The molecular weight excluding hydrogens is 272 g/mol. The van der Waals surface area contributed by atoms with Crippen LogP contribution in [0.4, 0.5) is 4.79 Å². The van der Waals surface area contributed by atoms with Gasteiger partial charge in [-0.1, -0.05) is 13.3 Å². The third kappa shape index (κ3) is 6.33. The first-order chi connectivity index (χ1) is 9.93. The highest BCUT2D eigenvalue weighted by atomic mass is 16.5. The fourth-order valence-corrected chi connectivity index (χ4v) is 2.73. The topological polar surface area (TPSA) is 87.7 Å². The van der Waals surface area contributed by atoms with Crippen LogP contribution in [0.15, 0.2) is 0 Å². The quantitative estimate of drug-likeness (QED) is 0.641. The number of urea groups is 1. The van der Waals surface area contributed by atoms with Gasteiger partial charge in [0.15, 0.2) is 0 Å². The molecule has 4 atom stereocenters. The van der Waals surface area contributed by atoms with E-state index in [4.69, 9.17) is 9.84 Å². The first-order valence-corrected chi connectivity index (χ1v) is 7.76. The normalized spacial score (nSPS) is 24.3. The van der Waals surface area contributed by atoms with Gasteiger partial charge in [-0.25, -0.2) is 4.79 Å². The van der Waals surface area contributed by atoms with Crippen LogP contribution in [0.5, 0.6) is 0 Å². The molecule has 6 heteroatoms. The van der Waals surface area contributed by atoms with Crippen molar-refractivity contribution in [1.29, 1.82) is 0 Å². The van der Waals surface area contributed by atoms with Crippen LogP contribution < -0.4 is 10.6 Å². The van der Waals surface area contributed by atoms with Crippen LogP contribution in [0.25, 0.3) is 0 Å². The van der Waals surface area contributed by atoms with Gasteiger partial charge in [0, 0.05) is 13.2 Å². The monoisotopic (exact) mass is 300 g/mol. The lowest BCUT2D eigenvalue weighted by Crippen LogP contribution is -2.48. The number of hydrogen-bond acceptors (Lipinski definition) is 3. The molecule has 0 spiro atoms. The second-order valence-electron chi connectivity index (χ2n) is 6.00. The summed E-state index contributed by atoms with van der Waals surface area (Å²) in [6, 6.07) is -0.0367. The summed E-state index contributed by atoms with van der Waals surface area (Å²) in [4.78, 5) is 22.6. The Morgan fingerprint density at radius 2 is 2.00 bits per heavy atom. The number of carboxylic acid groups (broad SMARTS) is 1. The Bertz CT molecular complexity index is 349.